The van der Waals surface area contributed by atoms with Gasteiger partial charge in [0.25, 0.3) is 0 Å². The molecule has 0 aliphatic rings. The summed E-state index contributed by atoms with van der Waals surface area (Å²) in [4.78, 5) is 15.6. The first-order valence-electron chi connectivity index (χ1n) is 4.78. The Morgan fingerprint density at radius 1 is 1.69 bits per heavy atom. The van der Waals surface area contributed by atoms with E-state index in [0.717, 1.165) is 5.01 Å². The summed E-state index contributed by atoms with van der Waals surface area (Å²) < 4.78 is 4.93. The van der Waals surface area contributed by atoms with Crippen LogP contribution in [-0.2, 0) is 9.53 Å². The van der Waals surface area contributed by atoms with Crippen molar-refractivity contribution < 1.29 is 9.53 Å². The number of hydrogen-bond donors (Lipinski definition) is 0. The highest BCUT2D eigenvalue weighted by Gasteiger charge is 2.12. The van der Waals surface area contributed by atoms with Crippen molar-refractivity contribution in [3.63, 3.8) is 0 Å². The molecule has 1 aromatic heterocycles. The third-order valence-electron chi connectivity index (χ3n) is 1.61. The van der Waals surface area contributed by atoms with Crippen molar-refractivity contribution in [3.05, 3.63) is 21.7 Å². The second-order valence-corrected chi connectivity index (χ2v) is 4.48. The van der Waals surface area contributed by atoms with Gasteiger partial charge in [0.1, 0.15) is 11.6 Å². The summed E-state index contributed by atoms with van der Waals surface area (Å²) in [5.74, 6) is -0.608. The molecule has 0 radical (unpaired) electrons. The third-order valence-corrected chi connectivity index (χ3v) is 2.40. The van der Waals surface area contributed by atoms with Crippen molar-refractivity contribution in [2.24, 2.45) is 0 Å². The largest absolute Gasteiger partial charge is 0.459 e. The SMILES string of the molecule is Cc1nc(/C=C(\C#N)C(=O)OC(C)C)cs1. The molecular weight excluding hydrogens is 224 g/mol. The highest BCUT2D eigenvalue weighted by atomic mass is 32.1. The zero-order chi connectivity index (χ0) is 12.1. The molecule has 0 bridgehead atoms. The molecule has 0 fully saturated rings. The van der Waals surface area contributed by atoms with Gasteiger partial charge in [0.15, 0.2) is 0 Å². The molecular formula is C11H12N2O2S. The maximum Gasteiger partial charge on any atom is 0.349 e. The molecule has 0 amide bonds. The summed E-state index contributed by atoms with van der Waals surface area (Å²) >= 11 is 1.47. The molecule has 0 aliphatic heterocycles. The van der Waals surface area contributed by atoms with E-state index in [1.165, 1.54) is 17.4 Å². The molecule has 0 aliphatic carbocycles. The van der Waals surface area contributed by atoms with E-state index < -0.39 is 5.97 Å². The van der Waals surface area contributed by atoms with E-state index >= 15 is 0 Å². The van der Waals surface area contributed by atoms with Crippen LogP contribution in [-0.4, -0.2) is 17.1 Å². The van der Waals surface area contributed by atoms with Crippen molar-refractivity contribution in [1.82, 2.24) is 4.98 Å². The van der Waals surface area contributed by atoms with Crippen LogP contribution in [0.1, 0.15) is 24.5 Å². The van der Waals surface area contributed by atoms with Crippen LogP contribution in [0, 0.1) is 18.3 Å². The van der Waals surface area contributed by atoms with Crippen LogP contribution in [0.3, 0.4) is 0 Å². The highest BCUT2D eigenvalue weighted by molar-refractivity contribution is 7.09. The Balaban J connectivity index is 2.87. The maximum absolute atomic E-state index is 11.5. The first-order chi connectivity index (χ1) is 7.52. The van der Waals surface area contributed by atoms with E-state index in [4.69, 9.17) is 10.00 Å². The lowest BCUT2D eigenvalue weighted by molar-refractivity contribution is -0.142. The van der Waals surface area contributed by atoms with Crippen LogP contribution < -0.4 is 0 Å². The average molecular weight is 236 g/mol. The second kappa shape index (κ2) is 5.42. The van der Waals surface area contributed by atoms with Crippen LogP contribution in [0.4, 0.5) is 0 Å². The lowest BCUT2D eigenvalue weighted by Crippen LogP contribution is -2.12. The van der Waals surface area contributed by atoms with E-state index in [1.807, 2.05) is 13.0 Å². The summed E-state index contributed by atoms with van der Waals surface area (Å²) in [6.07, 6.45) is 1.20. The number of esters is 1. The average Bonchev–Trinajstić information content (AvgIpc) is 2.59. The van der Waals surface area contributed by atoms with Crippen molar-refractivity contribution in [3.8, 4) is 6.07 Å². The second-order valence-electron chi connectivity index (χ2n) is 3.42. The molecule has 4 nitrogen and oxygen atoms in total. The molecule has 1 rings (SSSR count). The topological polar surface area (TPSA) is 63.0 Å². The van der Waals surface area contributed by atoms with Gasteiger partial charge in [0.2, 0.25) is 0 Å². The van der Waals surface area contributed by atoms with Gasteiger partial charge in [-0.25, -0.2) is 9.78 Å². The molecule has 5 heteroatoms. The fourth-order valence-corrected chi connectivity index (χ4v) is 1.58. The summed E-state index contributed by atoms with van der Waals surface area (Å²) in [6, 6.07) is 1.82. The van der Waals surface area contributed by atoms with Gasteiger partial charge in [-0.3, -0.25) is 0 Å². The number of hydrogen-bond acceptors (Lipinski definition) is 5. The maximum atomic E-state index is 11.5. The van der Waals surface area contributed by atoms with E-state index in [9.17, 15) is 4.79 Å². The van der Waals surface area contributed by atoms with Crippen LogP contribution in [0.2, 0.25) is 0 Å². The Labute approximate surface area is 98.2 Å². The van der Waals surface area contributed by atoms with Crippen molar-refractivity contribution in [1.29, 1.82) is 5.26 Å². The fourth-order valence-electron chi connectivity index (χ4n) is 1.01. The standard InChI is InChI=1S/C11H12N2O2S/c1-7(2)15-11(14)9(5-12)4-10-6-16-8(3)13-10/h4,6-7H,1-3H3/b9-4+. The lowest BCUT2D eigenvalue weighted by atomic mass is 10.2. The minimum Gasteiger partial charge on any atom is -0.459 e. The third kappa shape index (κ3) is 3.48. The predicted molar refractivity (Wildman–Crippen MR) is 61.7 cm³/mol. The van der Waals surface area contributed by atoms with Gasteiger partial charge >= 0.3 is 5.97 Å². The normalized spacial score (nSPS) is 11.3. The van der Waals surface area contributed by atoms with Crippen LogP contribution in [0.15, 0.2) is 11.0 Å². The molecule has 1 aromatic rings. The Hall–Kier alpha value is -1.67. The Morgan fingerprint density at radius 2 is 2.38 bits per heavy atom. The van der Waals surface area contributed by atoms with E-state index in [-0.39, 0.29) is 11.7 Å². The fraction of sp³-hybridized carbons (Fsp3) is 0.364. The number of ether oxygens (including phenoxy) is 1. The first-order valence-corrected chi connectivity index (χ1v) is 5.65. The molecule has 0 saturated heterocycles. The predicted octanol–water partition coefficient (Wildman–Crippen LogP) is 2.31. The summed E-state index contributed by atoms with van der Waals surface area (Å²) in [5, 5.41) is 11.5. The molecule has 84 valence electrons. The summed E-state index contributed by atoms with van der Waals surface area (Å²) in [7, 11) is 0. The van der Waals surface area contributed by atoms with Crippen LogP contribution in [0.5, 0.6) is 0 Å². The van der Waals surface area contributed by atoms with Crippen LogP contribution >= 0.6 is 11.3 Å². The molecule has 0 aromatic carbocycles. The number of carbonyl (C=O) groups excluding carboxylic acids is 1. The Kier molecular flexibility index (Phi) is 4.20. The number of aryl methyl sites for hydroxylation is 1. The van der Waals surface area contributed by atoms with E-state index in [2.05, 4.69) is 4.98 Å². The van der Waals surface area contributed by atoms with Gasteiger partial charge in [0.05, 0.1) is 16.8 Å². The Morgan fingerprint density at radius 3 is 2.81 bits per heavy atom. The number of aromatic nitrogens is 1. The number of rotatable bonds is 3. The molecule has 0 spiro atoms. The summed E-state index contributed by atoms with van der Waals surface area (Å²) in [6.45, 7) is 5.33. The number of carbonyl (C=O) groups is 1. The van der Waals surface area contributed by atoms with Gasteiger partial charge < -0.3 is 4.74 Å². The van der Waals surface area contributed by atoms with Gasteiger partial charge in [-0.15, -0.1) is 11.3 Å². The quantitative estimate of drug-likeness (QED) is 0.459. The molecule has 16 heavy (non-hydrogen) atoms. The minimum absolute atomic E-state index is 0.0287. The van der Waals surface area contributed by atoms with Gasteiger partial charge in [-0.1, -0.05) is 0 Å². The highest BCUT2D eigenvalue weighted by Crippen LogP contribution is 2.12. The molecule has 0 atom stereocenters. The first kappa shape index (κ1) is 12.4. The lowest BCUT2D eigenvalue weighted by Gasteiger charge is -2.05. The van der Waals surface area contributed by atoms with E-state index in [0.29, 0.717) is 5.69 Å². The number of thiazole rings is 1. The van der Waals surface area contributed by atoms with Crippen molar-refractivity contribution in [2.45, 2.75) is 26.9 Å². The monoisotopic (exact) mass is 236 g/mol. The molecule has 0 saturated carbocycles. The number of nitriles is 1. The van der Waals surface area contributed by atoms with E-state index in [1.54, 1.807) is 19.2 Å². The Bertz CT molecular complexity index is 455. The molecule has 0 N–H and O–H groups in total. The van der Waals surface area contributed by atoms with Crippen molar-refractivity contribution >= 4 is 23.4 Å². The number of nitrogens with zero attached hydrogens (tertiary/aromatic N) is 2. The smallest absolute Gasteiger partial charge is 0.349 e. The summed E-state index contributed by atoms with van der Waals surface area (Å²) in [5.41, 5.74) is 0.582. The molecule has 1 heterocycles. The minimum atomic E-state index is -0.608. The zero-order valence-corrected chi connectivity index (χ0v) is 10.2. The zero-order valence-electron chi connectivity index (χ0n) is 9.35. The van der Waals surface area contributed by atoms with Gasteiger partial charge in [-0.05, 0) is 26.8 Å². The molecule has 0 unspecified atom stereocenters. The van der Waals surface area contributed by atoms with Gasteiger partial charge in [0, 0.05) is 5.38 Å². The van der Waals surface area contributed by atoms with Crippen molar-refractivity contribution in [2.75, 3.05) is 0 Å². The van der Waals surface area contributed by atoms with Crippen LogP contribution in [0.25, 0.3) is 6.08 Å². The van der Waals surface area contributed by atoms with Gasteiger partial charge in [-0.2, -0.15) is 5.26 Å².